The van der Waals surface area contributed by atoms with Gasteiger partial charge in [0.1, 0.15) is 5.60 Å². The van der Waals surface area contributed by atoms with E-state index in [4.69, 9.17) is 9.47 Å². The number of hydrogen-bond donors (Lipinski definition) is 1. The molecule has 7 heteroatoms. The van der Waals surface area contributed by atoms with Crippen molar-refractivity contribution in [3.05, 3.63) is 35.8 Å². The van der Waals surface area contributed by atoms with E-state index in [2.05, 4.69) is 22.4 Å². The summed E-state index contributed by atoms with van der Waals surface area (Å²) >= 11 is 0. The van der Waals surface area contributed by atoms with E-state index in [1.54, 1.807) is 4.90 Å². The van der Waals surface area contributed by atoms with Gasteiger partial charge in [0, 0.05) is 37.6 Å². The van der Waals surface area contributed by atoms with Crippen molar-refractivity contribution in [1.29, 1.82) is 0 Å². The van der Waals surface area contributed by atoms with Crippen LogP contribution in [0.25, 0.3) is 11.3 Å². The summed E-state index contributed by atoms with van der Waals surface area (Å²) in [6, 6.07) is 4.65. The summed E-state index contributed by atoms with van der Waals surface area (Å²) in [7, 11) is 1.97. The van der Waals surface area contributed by atoms with Crippen LogP contribution in [0.1, 0.15) is 38.3 Å². The minimum Gasteiger partial charge on any atom is -0.444 e. The maximum atomic E-state index is 12.6. The summed E-state index contributed by atoms with van der Waals surface area (Å²) in [6.45, 7) is 8.38. The normalized spacial score (nSPS) is 19.2. The molecule has 1 N–H and O–H groups in total. The fraction of sp³-hybridized carbons (Fsp3) is 0.545. The SMILES string of the molecule is Cn1cnc(-c2cc3c(c(N[C@H]4CCOC4)c2)CN(C(=O)OC(C)(C)C)CC3)c1. The molecular weight excluding hydrogens is 368 g/mol. The highest BCUT2D eigenvalue weighted by atomic mass is 16.6. The van der Waals surface area contributed by atoms with E-state index in [0.717, 1.165) is 42.0 Å². The number of rotatable bonds is 3. The fourth-order valence-electron chi connectivity index (χ4n) is 3.86. The van der Waals surface area contributed by atoms with Gasteiger partial charge in [0.25, 0.3) is 0 Å². The average molecular weight is 399 g/mol. The zero-order chi connectivity index (χ0) is 20.6. The van der Waals surface area contributed by atoms with Gasteiger partial charge in [0.2, 0.25) is 0 Å². The Kier molecular flexibility index (Phi) is 5.25. The Bertz CT molecular complexity index is 894. The largest absolute Gasteiger partial charge is 0.444 e. The van der Waals surface area contributed by atoms with Crippen molar-refractivity contribution in [1.82, 2.24) is 14.5 Å². The van der Waals surface area contributed by atoms with Crippen molar-refractivity contribution in [3.8, 4) is 11.3 Å². The van der Waals surface area contributed by atoms with E-state index in [-0.39, 0.29) is 12.1 Å². The number of aromatic nitrogens is 2. The highest BCUT2D eigenvalue weighted by Crippen LogP contribution is 2.33. The molecule has 4 rings (SSSR count). The number of carbonyl (C=O) groups is 1. The van der Waals surface area contributed by atoms with Crippen molar-refractivity contribution in [2.24, 2.45) is 7.05 Å². The second kappa shape index (κ2) is 7.71. The molecule has 0 radical (unpaired) electrons. The molecule has 2 aromatic rings. The Balaban J connectivity index is 1.65. The lowest BCUT2D eigenvalue weighted by Gasteiger charge is -2.33. The molecule has 0 saturated carbocycles. The number of carbonyl (C=O) groups excluding carboxylic acids is 1. The Morgan fingerprint density at radius 3 is 2.83 bits per heavy atom. The summed E-state index contributed by atoms with van der Waals surface area (Å²) in [6.07, 6.45) is 5.37. The molecule has 0 unspecified atom stereocenters. The Morgan fingerprint density at radius 2 is 2.17 bits per heavy atom. The van der Waals surface area contributed by atoms with Crippen molar-refractivity contribution >= 4 is 11.8 Å². The molecule has 1 atom stereocenters. The van der Waals surface area contributed by atoms with Crippen LogP contribution in [0, 0.1) is 0 Å². The molecule has 1 aromatic carbocycles. The lowest BCUT2D eigenvalue weighted by molar-refractivity contribution is 0.0224. The summed E-state index contributed by atoms with van der Waals surface area (Å²) in [5, 5.41) is 3.66. The number of ether oxygens (including phenoxy) is 2. The van der Waals surface area contributed by atoms with Gasteiger partial charge < -0.3 is 24.3 Å². The second-order valence-corrected chi connectivity index (χ2v) is 8.94. The standard InChI is InChI=1S/C22H30N4O3/c1-22(2,3)29-21(27)26-7-5-15-9-16(20-12-25(4)14-23-20)10-19(18(15)11-26)24-17-6-8-28-13-17/h9-10,12,14,17,24H,5-8,11,13H2,1-4H3/t17-/m0/s1. The van der Waals surface area contributed by atoms with E-state index in [9.17, 15) is 4.79 Å². The first-order valence-corrected chi connectivity index (χ1v) is 10.2. The lowest BCUT2D eigenvalue weighted by atomic mass is 9.94. The van der Waals surface area contributed by atoms with E-state index in [1.165, 1.54) is 5.56 Å². The molecule has 1 fully saturated rings. The average Bonchev–Trinajstić information content (AvgIpc) is 3.31. The third-order valence-corrected chi connectivity index (χ3v) is 5.28. The van der Waals surface area contributed by atoms with Crippen LogP contribution < -0.4 is 5.32 Å². The van der Waals surface area contributed by atoms with Crippen LogP contribution in [-0.2, 0) is 29.5 Å². The number of amides is 1. The highest BCUT2D eigenvalue weighted by Gasteiger charge is 2.28. The smallest absolute Gasteiger partial charge is 0.410 e. The first-order valence-electron chi connectivity index (χ1n) is 10.2. The van der Waals surface area contributed by atoms with Gasteiger partial charge in [-0.05, 0) is 56.9 Å². The third kappa shape index (κ3) is 4.56. The molecule has 0 spiro atoms. The van der Waals surface area contributed by atoms with Crippen molar-refractivity contribution in [3.63, 3.8) is 0 Å². The summed E-state index contributed by atoms with van der Waals surface area (Å²) in [5.74, 6) is 0. The Labute approximate surface area is 172 Å². The first kappa shape index (κ1) is 19.8. The Morgan fingerprint density at radius 1 is 1.34 bits per heavy atom. The zero-order valence-corrected chi connectivity index (χ0v) is 17.7. The highest BCUT2D eigenvalue weighted by molar-refractivity contribution is 5.73. The maximum absolute atomic E-state index is 12.6. The number of aryl methyl sites for hydroxylation is 1. The third-order valence-electron chi connectivity index (χ3n) is 5.28. The molecule has 1 saturated heterocycles. The molecule has 1 amide bonds. The van der Waals surface area contributed by atoms with Crippen LogP contribution in [0.15, 0.2) is 24.7 Å². The quantitative estimate of drug-likeness (QED) is 0.856. The van der Waals surface area contributed by atoms with Gasteiger partial charge in [0.15, 0.2) is 0 Å². The zero-order valence-electron chi connectivity index (χ0n) is 17.7. The molecule has 3 heterocycles. The predicted molar refractivity (Wildman–Crippen MR) is 112 cm³/mol. The van der Waals surface area contributed by atoms with Crippen molar-refractivity contribution in [2.45, 2.75) is 51.8 Å². The minimum absolute atomic E-state index is 0.257. The van der Waals surface area contributed by atoms with E-state index < -0.39 is 5.60 Å². The number of anilines is 1. The minimum atomic E-state index is -0.498. The molecule has 156 valence electrons. The molecule has 2 aliphatic heterocycles. The summed E-state index contributed by atoms with van der Waals surface area (Å²) < 4.78 is 13.1. The van der Waals surface area contributed by atoms with Crippen LogP contribution in [0.4, 0.5) is 10.5 Å². The van der Waals surface area contributed by atoms with Gasteiger partial charge in [-0.3, -0.25) is 0 Å². The molecule has 7 nitrogen and oxygen atoms in total. The van der Waals surface area contributed by atoms with E-state index in [0.29, 0.717) is 19.7 Å². The van der Waals surface area contributed by atoms with Crippen molar-refractivity contribution < 1.29 is 14.3 Å². The van der Waals surface area contributed by atoms with Gasteiger partial charge in [0.05, 0.1) is 31.2 Å². The number of hydrogen-bond acceptors (Lipinski definition) is 5. The Hall–Kier alpha value is -2.54. The van der Waals surface area contributed by atoms with E-state index >= 15 is 0 Å². The topological polar surface area (TPSA) is 68.6 Å². The molecule has 1 aromatic heterocycles. The monoisotopic (exact) mass is 398 g/mol. The molecule has 0 aliphatic carbocycles. The number of imidazole rings is 1. The molecule has 2 aliphatic rings. The first-order chi connectivity index (χ1) is 13.8. The molecule has 29 heavy (non-hydrogen) atoms. The van der Waals surface area contributed by atoms with E-state index in [1.807, 2.05) is 44.9 Å². The van der Waals surface area contributed by atoms with Crippen LogP contribution >= 0.6 is 0 Å². The van der Waals surface area contributed by atoms with Crippen molar-refractivity contribution in [2.75, 3.05) is 25.1 Å². The predicted octanol–water partition coefficient (Wildman–Crippen LogP) is 3.58. The van der Waals surface area contributed by atoms with Crippen LogP contribution in [-0.4, -0.2) is 51.9 Å². The number of nitrogens with zero attached hydrogens (tertiary/aromatic N) is 3. The van der Waals surface area contributed by atoms with Crippen LogP contribution in [0.2, 0.25) is 0 Å². The van der Waals surface area contributed by atoms with Gasteiger partial charge in [-0.15, -0.1) is 0 Å². The fourth-order valence-corrected chi connectivity index (χ4v) is 3.86. The van der Waals surface area contributed by atoms with Crippen LogP contribution in [0.3, 0.4) is 0 Å². The number of fused-ring (bicyclic) bond motifs is 1. The van der Waals surface area contributed by atoms with Gasteiger partial charge >= 0.3 is 6.09 Å². The summed E-state index contributed by atoms with van der Waals surface area (Å²) in [5.41, 5.74) is 5.03. The van der Waals surface area contributed by atoms with Gasteiger partial charge in [-0.1, -0.05) is 0 Å². The van der Waals surface area contributed by atoms with Gasteiger partial charge in [-0.25, -0.2) is 9.78 Å². The summed E-state index contributed by atoms with van der Waals surface area (Å²) in [4.78, 5) is 18.9. The number of nitrogens with one attached hydrogen (secondary N) is 1. The molecular formula is C22H30N4O3. The maximum Gasteiger partial charge on any atom is 0.410 e. The van der Waals surface area contributed by atoms with Crippen LogP contribution in [0.5, 0.6) is 0 Å². The lowest BCUT2D eigenvalue weighted by Crippen LogP contribution is -2.40. The van der Waals surface area contributed by atoms with Gasteiger partial charge in [-0.2, -0.15) is 0 Å². The number of benzene rings is 1. The molecule has 0 bridgehead atoms. The second-order valence-electron chi connectivity index (χ2n) is 8.94.